The first-order valence-electron chi connectivity index (χ1n) is 6.51. The second-order valence-electron chi connectivity index (χ2n) is 5.28. The van der Waals surface area contributed by atoms with E-state index in [2.05, 4.69) is 26.1 Å². The summed E-state index contributed by atoms with van der Waals surface area (Å²) in [4.78, 5) is 11.8. The first-order valence-corrected chi connectivity index (χ1v) is 7.50. The van der Waals surface area contributed by atoms with Gasteiger partial charge >= 0.3 is 0 Å². The van der Waals surface area contributed by atoms with Gasteiger partial charge in [-0.2, -0.15) is 0 Å². The van der Waals surface area contributed by atoms with Crippen LogP contribution in [0.3, 0.4) is 0 Å². The Morgan fingerprint density at radius 2 is 1.89 bits per heavy atom. The third-order valence-corrected chi connectivity index (χ3v) is 3.62. The number of amides is 1. The number of carbonyl (C=O) groups excluding carboxylic acids is 1. The van der Waals surface area contributed by atoms with E-state index in [1.807, 2.05) is 31.2 Å². The summed E-state index contributed by atoms with van der Waals surface area (Å²) in [6, 6.07) is 7.77. The molecule has 1 N–H and O–H groups in total. The molecule has 3 nitrogen and oxygen atoms in total. The lowest BCUT2D eigenvalue weighted by atomic mass is 10.2. The van der Waals surface area contributed by atoms with Gasteiger partial charge < -0.3 is 10.1 Å². The summed E-state index contributed by atoms with van der Waals surface area (Å²) in [5, 5.41) is 2.90. The number of anilines is 1. The molecule has 1 amide bonds. The van der Waals surface area contributed by atoms with E-state index in [1.54, 1.807) is 11.8 Å². The van der Waals surface area contributed by atoms with Crippen molar-refractivity contribution >= 4 is 23.4 Å². The summed E-state index contributed by atoms with van der Waals surface area (Å²) in [5.41, 5.74) is 1.95. The second kappa shape index (κ2) is 7.56. The van der Waals surface area contributed by atoms with Crippen LogP contribution in [-0.4, -0.2) is 23.0 Å². The first kappa shape index (κ1) is 16.1. The standard InChI is InChI=1S/C15H23NO2S/c1-5-18-10-12-6-8-13(9-7-12)16-14(17)11-19-15(2,3)4/h6-9H,5,10-11H2,1-4H3,(H,16,17). The molecule has 4 heteroatoms. The molecule has 0 aliphatic carbocycles. The lowest BCUT2D eigenvalue weighted by Gasteiger charge is -2.17. The molecule has 0 aliphatic heterocycles. The third kappa shape index (κ3) is 7.23. The van der Waals surface area contributed by atoms with Crippen LogP contribution in [-0.2, 0) is 16.1 Å². The normalized spacial score (nSPS) is 11.4. The summed E-state index contributed by atoms with van der Waals surface area (Å²) >= 11 is 1.64. The van der Waals surface area contributed by atoms with Gasteiger partial charge in [-0.1, -0.05) is 32.9 Å². The van der Waals surface area contributed by atoms with Gasteiger partial charge in [-0.05, 0) is 24.6 Å². The van der Waals surface area contributed by atoms with Crippen LogP contribution in [0.2, 0.25) is 0 Å². The lowest BCUT2D eigenvalue weighted by Crippen LogP contribution is -2.18. The van der Waals surface area contributed by atoms with Crippen molar-refractivity contribution < 1.29 is 9.53 Å². The van der Waals surface area contributed by atoms with Crippen LogP contribution in [0.1, 0.15) is 33.3 Å². The predicted octanol–water partition coefficient (Wildman–Crippen LogP) is 3.69. The van der Waals surface area contributed by atoms with Crippen LogP contribution in [0.15, 0.2) is 24.3 Å². The number of ether oxygens (including phenoxy) is 1. The number of thioether (sulfide) groups is 1. The minimum Gasteiger partial charge on any atom is -0.377 e. The van der Waals surface area contributed by atoms with Gasteiger partial charge in [0.15, 0.2) is 0 Å². The fourth-order valence-corrected chi connectivity index (χ4v) is 2.02. The molecule has 1 aromatic rings. The smallest absolute Gasteiger partial charge is 0.234 e. The van der Waals surface area contributed by atoms with Gasteiger partial charge in [0.25, 0.3) is 0 Å². The molecule has 0 aliphatic rings. The van der Waals surface area contributed by atoms with Crippen molar-refractivity contribution in [1.29, 1.82) is 0 Å². The van der Waals surface area contributed by atoms with Crippen LogP contribution < -0.4 is 5.32 Å². The maximum Gasteiger partial charge on any atom is 0.234 e. The number of benzene rings is 1. The van der Waals surface area contributed by atoms with E-state index in [-0.39, 0.29) is 10.7 Å². The largest absolute Gasteiger partial charge is 0.377 e. The minimum absolute atomic E-state index is 0.0393. The Kier molecular flexibility index (Phi) is 6.38. The van der Waals surface area contributed by atoms with Gasteiger partial charge in [-0.3, -0.25) is 4.79 Å². The first-order chi connectivity index (χ1) is 8.90. The molecule has 0 spiro atoms. The predicted molar refractivity (Wildman–Crippen MR) is 82.6 cm³/mol. The van der Waals surface area contributed by atoms with Crippen molar-refractivity contribution in [3.63, 3.8) is 0 Å². The minimum atomic E-state index is 0.0393. The topological polar surface area (TPSA) is 38.3 Å². The van der Waals surface area contributed by atoms with Crippen LogP contribution >= 0.6 is 11.8 Å². The summed E-state index contributed by atoms with van der Waals surface area (Å²) in [6.45, 7) is 9.61. The summed E-state index contributed by atoms with van der Waals surface area (Å²) in [6.07, 6.45) is 0. The Balaban J connectivity index is 2.42. The van der Waals surface area contributed by atoms with Crippen LogP contribution in [0.25, 0.3) is 0 Å². The molecule has 1 aromatic carbocycles. The average Bonchev–Trinajstić information content (AvgIpc) is 2.35. The molecule has 0 radical (unpaired) electrons. The van der Waals surface area contributed by atoms with Crippen molar-refractivity contribution in [3.8, 4) is 0 Å². The van der Waals surface area contributed by atoms with Gasteiger partial charge in [0.05, 0.1) is 12.4 Å². The van der Waals surface area contributed by atoms with E-state index in [1.165, 1.54) is 0 Å². The maximum absolute atomic E-state index is 11.8. The summed E-state index contributed by atoms with van der Waals surface area (Å²) in [5.74, 6) is 0.516. The molecular weight excluding hydrogens is 258 g/mol. The molecule has 0 saturated carbocycles. The van der Waals surface area contributed by atoms with E-state index in [0.29, 0.717) is 19.0 Å². The molecule has 0 unspecified atom stereocenters. The molecule has 1 rings (SSSR count). The Morgan fingerprint density at radius 3 is 2.42 bits per heavy atom. The van der Waals surface area contributed by atoms with E-state index in [0.717, 1.165) is 11.3 Å². The van der Waals surface area contributed by atoms with Crippen LogP contribution in [0, 0.1) is 0 Å². The van der Waals surface area contributed by atoms with Crippen molar-refractivity contribution in [1.82, 2.24) is 0 Å². The van der Waals surface area contributed by atoms with Crippen molar-refractivity contribution in [2.45, 2.75) is 39.0 Å². The van der Waals surface area contributed by atoms with Gasteiger partial charge in [0, 0.05) is 17.0 Å². The molecule has 0 aromatic heterocycles. The Morgan fingerprint density at radius 1 is 1.26 bits per heavy atom. The Bertz CT molecular complexity index is 396. The number of hydrogen-bond donors (Lipinski definition) is 1. The highest BCUT2D eigenvalue weighted by Crippen LogP contribution is 2.23. The zero-order valence-corrected chi connectivity index (χ0v) is 13.0. The van der Waals surface area contributed by atoms with Gasteiger partial charge in [-0.15, -0.1) is 11.8 Å². The number of rotatable bonds is 6. The van der Waals surface area contributed by atoms with Crippen LogP contribution in [0.4, 0.5) is 5.69 Å². The maximum atomic E-state index is 11.8. The molecule has 106 valence electrons. The number of nitrogens with one attached hydrogen (secondary N) is 1. The Hall–Kier alpha value is -1.00. The fourth-order valence-electron chi connectivity index (χ4n) is 1.38. The van der Waals surface area contributed by atoms with Gasteiger partial charge in [0.2, 0.25) is 5.91 Å². The molecule has 19 heavy (non-hydrogen) atoms. The van der Waals surface area contributed by atoms with Gasteiger partial charge in [-0.25, -0.2) is 0 Å². The quantitative estimate of drug-likeness (QED) is 0.864. The third-order valence-electron chi connectivity index (χ3n) is 2.35. The summed E-state index contributed by atoms with van der Waals surface area (Å²) < 4.78 is 5.44. The molecule has 0 heterocycles. The molecule has 0 atom stereocenters. The number of carbonyl (C=O) groups is 1. The highest BCUT2D eigenvalue weighted by molar-refractivity contribution is 8.01. The zero-order valence-electron chi connectivity index (χ0n) is 12.2. The van der Waals surface area contributed by atoms with E-state index in [9.17, 15) is 4.79 Å². The van der Waals surface area contributed by atoms with Crippen molar-refractivity contribution in [2.75, 3.05) is 17.7 Å². The summed E-state index contributed by atoms with van der Waals surface area (Å²) in [7, 11) is 0. The SMILES string of the molecule is CCOCc1ccc(NC(=O)CSC(C)(C)C)cc1. The van der Waals surface area contributed by atoms with Crippen molar-refractivity contribution in [2.24, 2.45) is 0 Å². The highest BCUT2D eigenvalue weighted by Gasteiger charge is 2.13. The molecular formula is C15H23NO2S. The van der Waals surface area contributed by atoms with E-state index >= 15 is 0 Å². The van der Waals surface area contributed by atoms with E-state index < -0.39 is 0 Å². The monoisotopic (exact) mass is 281 g/mol. The van der Waals surface area contributed by atoms with Gasteiger partial charge in [0.1, 0.15) is 0 Å². The molecule has 0 bridgehead atoms. The lowest BCUT2D eigenvalue weighted by molar-refractivity contribution is -0.113. The second-order valence-corrected chi connectivity index (χ2v) is 7.09. The van der Waals surface area contributed by atoms with Crippen molar-refractivity contribution in [3.05, 3.63) is 29.8 Å². The molecule has 0 saturated heterocycles. The fraction of sp³-hybridized carbons (Fsp3) is 0.533. The van der Waals surface area contributed by atoms with E-state index in [4.69, 9.17) is 4.74 Å². The Labute approximate surface area is 120 Å². The van der Waals surface area contributed by atoms with Crippen LogP contribution in [0.5, 0.6) is 0 Å². The average molecular weight is 281 g/mol. The zero-order chi connectivity index (χ0) is 14.3. The molecule has 0 fully saturated rings. The number of hydrogen-bond acceptors (Lipinski definition) is 3. The highest BCUT2D eigenvalue weighted by atomic mass is 32.2.